The minimum atomic E-state index is -3.16. The van der Waals surface area contributed by atoms with E-state index >= 15 is 0 Å². The Balaban J connectivity index is 1.53. The van der Waals surface area contributed by atoms with E-state index in [4.69, 9.17) is 0 Å². The van der Waals surface area contributed by atoms with Gasteiger partial charge < -0.3 is 24.9 Å². The number of aromatic nitrogens is 4. The third kappa shape index (κ3) is 5.23. The highest BCUT2D eigenvalue weighted by Crippen LogP contribution is 2.47. The predicted octanol–water partition coefficient (Wildman–Crippen LogP) is 8.27. The van der Waals surface area contributed by atoms with Crippen LogP contribution < -0.4 is 15.9 Å². The molecule has 6 aromatic heterocycles. The van der Waals surface area contributed by atoms with Crippen LogP contribution in [0, 0.1) is 13.8 Å². The molecule has 252 valence electrons. The van der Waals surface area contributed by atoms with Crippen LogP contribution in [0.2, 0.25) is 0 Å². The third-order valence-electron chi connectivity index (χ3n) is 8.13. The average Bonchev–Trinajstić information content (AvgIpc) is 3.59. The fourth-order valence-electron chi connectivity index (χ4n) is 6.09. The highest BCUT2D eigenvalue weighted by Gasteiger charge is 2.33. The number of alkyl halides is 6. The van der Waals surface area contributed by atoms with Crippen LogP contribution in [0.25, 0.3) is 40.9 Å². The summed E-state index contributed by atoms with van der Waals surface area (Å²) >= 11 is 1.62. The number of aromatic amines is 2. The zero-order valence-electron chi connectivity index (χ0n) is 24.9. The quantitative estimate of drug-likeness (QED) is 0.122. The number of halogens is 6. The summed E-state index contributed by atoms with van der Waals surface area (Å²) in [5.74, 6) is -3.12. The van der Waals surface area contributed by atoms with Crippen molar-refractivity contribution in [3.05, 3.63) is 96.3 Å². The van der Waals surface area contributed by atoms with Gasteiger partial charge in [0.05, 0.1) is 37.5 Å². The van der Waals surface area contributed by atoms with Crippen molar-refractivity contribution in [2.45, 2.75) is 39.2 Å². The minimum absolute atomic E-state index is 0.0347. The van der Waals surface area contributed by atoms with Gasteiger partial charge in [-0.3, -0.25) is 9.59 Å². The molecule has 0 unspecified atom stereocenters. The summed E-state index contributed by atoms with van der Waals surface area (Å²) in [6, 6.07) is 7.11. The molecule has 1 aromatic carbocycles. The molecule has 0 aliphatic heterocycles. The standard InChI is InChI=1S/C32H20F6N4O5S2/c1-9-7-13(26(33)34)39-30-15(9)20-24(48-30)22(43)18(28(45)41-20)17(11-3-5-12(6-4-11)47-32(37)38)19-23(44)25-21(42-29(19)46)16-10(2)8-14(27(35)36)40-31(16)49-25/h3-8,17,26-27,32H,1-2H3,(H2,41,43,45)(H2,42,44,46). The van der Waals surface area contributed by atoms with Crippen molar-refractivity contribution in [1.29, 1.82) is 0 Å². The summed E-state index contributed by atoms with van der Waals surface area (Å²) < 4.78 is 84.5. The lowest BCUT2D eigenvalue weighted by molar-refractivity contribution is -0.0498. The fraction of sp³-hybridized carbons (Fsp3) is 0.188. The molecular weight excluding hydrogens is 698 g/mol. The van der Waals surface area contributed by atoms with Gasteiger partial charge in [-0.25, -0.2) is 27.5 Å². The van der Waals surface area contributed by atoms with E-state index in [9.17, 15) is 46.1 Å². The Morgan fingerprint density at radius 2 is 1.14 bits per heavy atom. The molecule has 0 aliphatic carbocycles. The number of pyridine rings is 4. The highest BCUT2D eigenvalue weighted by molar-refractivity contribution is 7.26. The van der Waals surface area contributed by atoms with Crippen LogP contribution in [-0.4, -0.2) is 36.8 Å². The van der Waals surface area contributed by atoms with E-state index in [1.807, 2.05) is 0 Å². The second-order valence-corrected chi connectivity index (χ2v) is 13.1. The topological polar surface area (TPSA) is 141 Å². The maximum atomic E-state index is 13.9. The lowest BCUT2D eigenvalue weighted by atomic mass is 9.85. The monoisotopic (exact) mass is 718 g/mol. The predicted molar refractivity (Wildman–Crippen MR) is 172 cm³/mol. The van der Waals surface area contributed by atoms with Crippen molar-refractivity contribution >= 4 is 63.5 Å². The van der Waals surface area contributed by atoms with E-state index in [-0.39, 0.29) is 41.4 Å². The molecule has 0 spiro atoms. The van der Waals surface area contributed by atoms with Gasteiger partial charge in [0.2, 0.25) is 0 Å². The summed E-state index contributed by atoms with van der Waals surface area (Å²) in [5.41, 5.74) is -2.77. The lowest BCUT2D eigenvalue weighted by Gasteiger charge is -2.20. The first kappa shape index (κ1) is 32.4. The van der Waals surface area contributed by atoms with E-state index in [0.29, 0.717) is 21.9 Å². The Labute approximate surface area is 277 Å². The molecule has 0 fully saturated rings. The second kappa shape index (κ2) is 11.8. The van der Waals surface area contributed by atoms with Crippen LogP contribution in [0.1, 0.15) is 58.0 Å². The number of nitrogens with zero attached hydrogens (tertiary/aromatic N) is 2. The maximum Gasteiger partial charge on any atom is 0.387 e. The van der Waals surface area contributed by atoms with Gasteiger partial charge in [0.25, 0.3) is 24.0 Å². The van der Waals surface area contributed by atoms with Crippen molar-refractivity contribution in [3.63, 3.8) is 0 Å². The van der Waals surface area contributed by atoms with E-state index in [1.165, 1.54) is 26.0 Å². The first-order valence-corrected chi connectivity index (χ1v) is 15.9. The Kier molecular flexibility index (Phi) is 7.78. The molecule has 0 saturated heterocycles. The van der Waals surface area contributed by atoms with E-state index in [0.717, 1.165) is 46.9 Å². The fourth-order valence-corrected chi connectivity index (χ4v) is 8.43. The van der Waals surface area contributed by atoms with E-state index in [2.05, 4.69) is 24.7 Å². The van der Waals surface area contributed by atoms with Gasteiger partial charge in [0, 0.05) is 10.8 Å². The Hall–Kier alpha value is -5.16. The normalized spacial score (nSPS) is 12.3. The van der Waals surface area contributed by atoms with Gasteiger partial charge in [-0.05, 0) is 54.8 Å². The highest BCUT2D eigenvalue weighted by atomic mass is 32.1. The van der Waals surface area contributed by atoms with Crippen LogP contribution in [0.3, 0.4) is 0 Å². The number of fused-ring (bicyclic) bond motifs is 6. The number of ether oxygens (including phenoxy) is 1. The molecule has 0 bridgehead atoms. The molecule has 4 N–H and O–H groups in total. The Morgan fingerprint density at radius 1 is 0.714 bits per heavy atom. The summed E-state index contributed by atoms with van der Waals surface area (Å²) in [6.45, 7) is -0.0811. The van der Waals surface area contributed by atoms with Crippen molar-refractivity contribution in [3.8, 4) is 17.2 Å². The number of hydrogen-bond acceptors (Lipinski definition) is 9. The van der Waals surface area contributed by atoms with Gasteiger partial charge in [0.1, 0.15) is 38.3 Å². The van der Waals surface area contributed by atoms with Gasteiger partial charge in [-0.2, -0.15) is 8.78 Å². The number of rotatable bonds is 7. The number of hydrogen-bond donors (Lipinski definition) is 4. The Bertz CT molecular complexity index is 2430. The van der Waals surface area contributed by atoms with Crippen LogP contribution in [0.15, 0.2) is 46.0 Å². The number of nitrogens with one attached hydrogen (secondary N) is 2. The molecule has 0 saturated carbocycles. The molecule has 0 atom stereocenters. The first-order chi connectivity index (χ1) is 23.2. The minimum Gasteiger partial charge on any atom is -0.506 e. The molecule has 7 rings (SSSR count). The number of aromatic hydroxyl groups is 2. The third-order valence-corrected chi connectivity index (χ3v) is 10.3. The van der Waals surface area contributed by atoms with Crippen LogP contribution in [-0.2, 0) is 0 Å². The van der Waals surface area contributed by atoms with Crippen LogP contribution in [0.4, 0.5) is 26.3 Å². The summed E-state index contributed by atoms with van der Waals surface area (Å²) in [5, 5.41) is 24.1. The summed E-state index contributed by atoms with van der Waals surface area (Å²) in [7, 11) is 0. The van der Waals surface area contributed by atoms with Gasteiger partial charge in [0.15, 0.2) is 0 Å². The van der Waals surface area contributed by atoms with E-state index in [1.54, 1.807) is 0 Å². The van der Waals surface area contributed by atoms with Crippen molar-refractivity contribution in [1.82, 2.24) is 19.9 Å². The SMILES string of the molecule is Cc1cc(C(F)F)nc2sc3c(O)c(C(c4ccc(OC(F)F)cc4)c4c(O)c5sc6nc(C(F)F)cc(C)c6c5[nH]c4=O)c(=O)[nH]c3c12. The largest absolute Gasteiger partial charge is 0.506 e. The molecule has 49 heavy (non-hydrogen) atoms. The molecule has 7 aromatic rings. The van der Waals surface area contributed by atoms with Crippen LogP contribution >= 0.6 is 22.7 Å². The van der Waals surface area contributed by atoms with Gasteiger partial charge in [-0.15, -0.1) is 22.7 Å². The molecule has 0 amide bonds. The number of benzene rings is 1. The van der Waals surface area contributed by atoms with Crippen LogP contribution in [0.5, 0.6) is 17.2 Å². The molecular formula is C32H20F6N4O5S2. The zero-order chi connectivity index (χ0) is 35.0. The average molecular weight is 719 g/mol. The molecule has 17 heteroatoms. The van der Waals surface area contributed by atoms with Crippen molar-refractivity contribution in [2.75, 3.05) is 0 Å². The molecule has 6 heterocycles. The Morgan fingerprint density at radius 3 is 1.53 bits per heavy atom. The van der Waals surface area contributed by atoms with Crippen molar-refractivity contribution in [2.24, 2.45) is 0 Å². The maximum absolute atomic E-state index is 13.9. The van der Waals surface area contributed by atoms with Gasteiger partial charge >= 0.3 is 6.61 Å². The van der Waals surface area contributed by atoms with E-state index < -0.39 is 70.5 Å². The number of aryl methyl sites for hydroxylation is 2. The molecule has 9 nitrogen and oxygen atoms in total. The molecule has 0 radical (unpaired) electrons. The first-order valence-electron chi connectivity index (χ1n) is 14.2. The number of H-pyrrole nitrogens is 2. The van der Waals surface area contributed by atoms with Gasteiger partial charge in [-0.1, -0.05) is 12.1 Å². The molecule has 0 aliphatic rings. The number of thiophene rings is 2. The zero-order valence-corrected chi connectivity index (χ0v) is 26.5. The smallest absolute Gasteiger partial charge is 0.387 e. The summed E-state index contributed by atoms with van der Waals surface area (Å²) in [6.07, 6.45) is -5.78. The van der Waals surface area contributed by atoms with Crippen molar-refractivity contribution < 1.29 is 41.3 Å². The second-order valence-electron chi connectivity index (χ2n) is 11.1. The lowest BCUT2D eigenvalue weighted by Crippen LogP contribution is -2.24. The summed E-state index contributed by atoms with van der Waals surface area (Å²) in [4.78, 5) is 41.3.